The first-order valence-corrected chi connectivity index (χ1v) is 4.74. The highest BCUT2D eigenvalue weighted by Crippen LogP contribution is 2.31. The van der Waals surface area contributed by atoms with Gasteiger partial charge in [0, 0.05) is 6.54 Å². The Labute approximate surface area is 79.3 Å². The predicted octanol–water partition coefficient (Wildman–Crippen LogP) is 0.125. The number of terminal acetylenes is 1. The van der Waals surface area contributed by atoms with Crippen molar-refractivity contribution in [2.24, 2.45) is 5.92 Å². The van der Waals surface area contributed by atoms with Crippen molar-refractivity contribution in [1.82, 2.24) is 10.6 Å². The predicted molar refractivity (Wildman–Crippen MR) is 52.1 cm³/mol. The van der Waals surface area contributed by atoms with Gasteiger partial charge in [0.1, 0.15) is 0 Å². The monoisotopic (exact) mass is 180 g/mol. The summed E-state index contributed by atoms with van der Waals surface area (Å²) in [6, 6.07) is 0. The van der Waals surface area contributed by atoms with Crippen LogP contribution in [0.25, 0.3) is 0 Å². The molecule has 0 radical (unpaired) electrons. The number of carbonyl (C=O) groups excluding carboxylic acids is 1. The average molecular weight is 180 g/mol. The zero-order valence-electron chi connectivity index (χ0n) is 7.81. The fraction of sp³-hybridized carbons (Fsp3) is 0.700. The molecule has 1 aliphatic rings. The number of hydrogen-bond acceptors (Lipinski definition) is 2. The molecule has 0 atom stereocenters. The van der Waals surface area contributed by atoms with Gasteiger partial charge in [-0.1, -0.05) is 18.8 Å². The van der Waals surface area contributed by atoms with Gasteiger partial charge in [0.2, 0.25) is 5.91 Å². The van der Waals surface area contributed by atoms with Crippen molar-refractivity contribution < 1.29 is 4.79 Å². The van der Waals surface area contributed by atoms with Crippen LogP contribution in [-0.4, -0.2) is 25.5 Å². The van der Waals surface area contributed by atoms with E-state index >= 15 is 0 Å². The second-order valence-electron chi connectivity index (χ2n) is 3.39. The third kappa shape index (κ3) is 5.26. The van der Waals surface area contributed by atoms with E-state index in [4.69, 9.17) is 6.42 Å². The van der Waals surface area contributed by atoms with Gasteiger partial charge < -0.3 is 5.32 Å². The summed E-state index contributed by atoms with van der Waals surface area (Å²) in [5, 5.41) is 5.68. The number of nitrogens with one attached hydrogen (secondary N) is 2. The lowest BCUT2D eigenvalue weighted by atomic mass is 10.3. The minimum absolute atomic E-state index is 0.0379. The van der Waals surface area contributed by atoms with Crippen molar-refractivity contribution >= 4 is 5.91 Å². The molecule has 1 rings (SSSR count). The van der Waals surface area contributed by atoms with Crippen molar-refractivity contribution in [2.75, 3.05) is 19.6 Å². The maximum atomic E-state index is 11.1. The first-order valence-electron chi connectivity index (χ1n) is 4.74. The van der Waals surface area contributed by atoms with Crippen LogP contribution in [-0.2, 0) is 4.79 Å². The lowest BCUT2D eigenvalue weighted by Gasteiger charge is -2.03. The van der Waals surface area contributed by atoms with Crippen LogP contribution < -0.4 is 10.6 Å². The molecule has 0 bridgehead atoms. The maximum absolute atomic E-state index is 11.1. The van der Waals surface area contributed by atoms with Crippen molar-refractivity contribution in [3.63, 3.8) is 0 Å². The molecule has 72 valence electrons. The Balaban J connectivity index is 1.88. The molecule has 0 aromatic carbocycles. The van der Waals surface area contributed by atoms with Gasteiger partial charge >= 0.3 is 0 Å². The highest BCUT2D eigenvalue weighted by atomic mass is 16.1. The zero-order valence-corrected chi connectivity index (χ0v) is 7.81. The Morgan fingerprint density at radius 2 is 2.31 bits per heavy atom. The van der Waals surface area contributed by atoms with Gasteiger partial charge in [-0.15, -0.1) is 6.42 Å². The summed E-state index contributed by atoms with van der Waals surface area (Å²) in [5.74, 6) is 3.33. The molecule has 3 nitrogen and oxygen atoms in total. The maximum Gasteiger partial charge on any atom is 0.233 e. The van der Waals surface area contributed by atoms with Gasteiger partial charge in [0.15, 0.2) is 0 Å². The summed E-state index contributed by atoms with van der Waals surface area (Å²) in [5.41, 5.74) is 0. The Kier molecular flexibility index (Phi) is 4.34. The fourth-order valence-corrected chi connectivity index (χ4v) is 1.13. The molecule has 2 N–H and O–H groups in total. The van der Waals surface area contributed by atoms with Crippen LogP contribution >= 0.6 is 0 Å². The van der Waals surface area contributed by atoms with Crippen molar-refractivity contribution in [3.05, 3.63) is 0 Å². The Morgan fingerprint density at radius 1 is 1.54 bits per heavy atom. The zero-order chi connectivity index (χ0) is 9.52. The second-order valence-corrected chi connectivity index (χ2v) is 3.39. The van der Waals surface area contributed by atoms with E-state index in [-0.39, 0.29) is 5.91 Å². The molecule has 3 heteroatoms. The van der Waals surface area contributed by atoms with Crippen molar-refractivity contribution in [1.29, 1.82) is 0 Å². The molecular formula is C10H16N2O. The first-order chi connectivity index (χ1) is 6.33. The van der Waals surface area contributed by atoms with Gasteiger partial charge in [0.25, 0.3) is 0 Å². The molecule has 1 fully saturated rings. The molecule has 0 heterocycles. The fourth-order valence-electron chi connectivity index (χ4n) is 1.13. The van der Waals surface area contributed by atoms with Gasteiger partial charge in [-0.2, -0.15) is 0 Å². The Hall–Kier alpha value is -1.01. The third-order valence-corrected chi connectivity index (χ3v) is 2.08. The molecule has 0 unspecified atom stereocenters. The van der Waals surface area contributed by atoms with Crippen LogP contribution in [0.2, 0.25) is 0 Å². The van der Waals surface area contributed by atoms with E-state index in [0.29, 0.717) is 13.1 Å². The number of rotatable bonds is 6. The topological polar surface area (TPSA) is 41.1 Å². The summed E-state index contributed by atoms with van der Waals surface area (Å²) in [7, 11) is 0. The third-order valence-electron chi connectivity index (χ3n) is 2.08. The minimum Gasteiger partial charge on any atom is -0.355 e. The second kappa shape index (κ2) is 5.60. The van der Waals surface area contributed by atoms with Crippen LogP contribution in [0.5, 0.6) is 0 Å². The van der Waals surface area contributed by atoms with Crippen LogP contribution in [0.3, 0.4) is 0 Å². The molecule has 0 aliphatic heterocycles. The molecule has 0 spiro atoms. The van der Waals surface area contributed by atoms with E-state index in [9.17, 15) is 4.79 Å². The lowest BCUT2D eigenvalue weighted by Crippen LogP contribution is -2.34. The van der Waals surface area contributed by atoms with E-state index in [2.05, 4.69) is 16.6 Å². The van der Waals surface area contributed by atoms with Crippen LogP contribution in [0.4, 0.5) is 0 Å². The average Bonchev–Trinajstić information content (AvgIpc) is 2.89. The number of hydrogen-bond donors (Lipinski definition) is 2. The van der Waals surface area contributed by atoms with E-state index in [0.717, 1.165) is 18.9 Å². The van der Waals surface area contributed by atoms with E-state index in [1.54, 1.807) is 0 Å². The van der Waals surface area contributed by atoms with Gasteiger partial charge in [-0.25, -0.2) is 0 Å². The van der Waals surface area contributed by atoms with Crippen LogP contribution in [0.1, 0.15) is 19.3 Å². The highest BCUT2D eigenvalue weighted by Gasteiger charge is 2.20. The standard InChI is InChI=1S/C10H16N2O/c1-2-6-11-8-10(13)12-7-5-9-3-4-9/h1,9,11H,3-8H2,(H,12,13). The van der Waals surface area contributed by atoms with E-state index < -0.39 is 0 Å². The summed E-state index contributed by atoms with van der Waals surface area (Å²) >= 11 is 0. The molecule has 0 saturated heterocycles. The van der Waals surface area contributed by atoms with Crippen LogP contribution in [0.15, 0.2) is 0 Å². The molecule has 0 aromatic rings. The molecule has 1 amide bonds. The Bertz CT molecular complexity index is 203. The number of amides is 1. The summed E-state index contributed by atoms with van der Waals surface area (Å²) in [6.07, 6.45) is 8.82. The summed E-state index contributed by atoms with van der Waals surface area (Å²) < 4.78 is 0. The lowest BCUT2D eigenvalue weighted by molar-refractivity contribution is -0.120. The van der Waals surface area contributed by atoms with Crippen molar-refractivity contribution in [2.45, 2.75) is 19.3 Å². The van der Waals surface area contributed by atoms with Crippen molar-refractivity contribution in [3.8, 4) is 12.3 Å². The molecule has 0 aromatic heterocycles. The van der Waals surface area contributed by atoms with Gasteiger partial charge in [-0.3, -0.25) is 10.1 Å². The van der Waals surface area contributed by atoms with Gasteiger partial charge in [0.05, 0.1) is 13.1 Å². The molecular weight excluding hydrogens is 164 g/mol. The summed E-state index contributed by atoms with van der Waals surface area (Å²) in [4.78, 5) is 11.1. The largest absolute Gasteiger partial charge is 0.355 e. The quantitative estimate of drug-likeness (QED) is 0.450. The van der Waals surface area contributed by atoms with Crippen LogP contribution in [0, 0.1) is 18.3 Å². The number of carbonyl (C=O) groups is 1. The van der Waals surface area contributed by atoms with E-state index in [1.165, 1.54) is 12.8 Å². The van der Waals surface area contributed by atoms with Gasteiger partial charge in [-0.05, 0) is 12.3 Å². The summed E-state index contributed by atoms with van der Waals surface area (Å²) in [6.45, 7) is 1.59. The molecule has 13 heavy (non-hydrogen) atoms. The smallest absolute Gasteiger partial charge is 0.233 e. The SMILES string of the molecule is C#CCNCC(=O)NCCC1CC1. The normalized spacial score (nSPS) is 15.0. The first kappa shape index (κ1) is 10.1. The minimum atomic E-state index is 0.0379. The van der Waals surface area contributed by atoms with E-state index in [1.807, 2.05) is 0 Å². The molecule has 1 aliphatic carbocycles. The Morgan fingerprint density at radius 3 is 2.92 bits per heavy atom. The highest BCUT2D eigenvalue weighted by molar-refractivity contribution is 5.77. The molecule has 1 saturated carbocycles.